The SMILES string of the molecule is CCCNCc1ccc(Cl)cc1N(CCC)CCN(C)C. The first-order valence-corrected chi connectivity index (χ1v) is 8.35. The van der Waals surface area contributed by atoms with Crippen molar-refractivity contribution in [2.24, 2.45) is 0 Å². The van der Waals surface area contributed by atoms with Gasteiger partial charge in [-0.1, -0.05) is 31.5 Å². The van der Waals surface area contributed by atoms with Crippen molar-refractivity contribution in [1.29, 1.82) is 0 Å². The second-order valence-corrected chi connectivity index (χ2v) is 6.18. The van der Waals surface area contributed by atoms with Crippen LogP contribution in [0.1, 0.15) is 32.3 Å². The van der Waals surface area contributed by atoms with E-state index in [1.54, 1.807) is 0 Å². The molecule has 0 aliphatic carbocycles. The van der Waals surface area contributed by atoms with Crippen LogP contribution in [0.3, 0.4) is 0 Å². The van der Waals surface area contributed by atoms with Crippen LogP contribution in [0.5, 0.6) is 0 Å². The number of hydrogen-bond acceptors (Lipinski definition) is 3. The lowest BCUT2D eigenvalue weighted by atomic mass is 10.1. The molecule has 0 radical (unpaired) electrons. The Morgan fingerprint density at radius 1 is 1.05 bits per heavy atom. The molecule has 1 rings (SSSR count). The third-order valence-corrected chi connectivity index (χ3v) is 3.68. The molecule has 0 aliphatic heterocycles. The second kappa shape index (κ2) is 10.0. The first-order chi connectivity index (χ1) is 10.1. The minimum atomic E-state index is 0.815. The summed E-state index contributed by atoms with van der Waals surface area (Å²) in [4.78, 5) is 4.68. The average molecular weight is 312 g/mol. The van der Waals surface area contributed by atoms with Crippen molar-refractivity contribution in [2.75, 3.05) is 45.2 Å². The molecule has 1 N–H and O–H groups in total. The number of nitrogens with one attached hydrogen (secondary N) is 1. The van der Waals surface area contributed by atoms with Crippen molar-refractivity contribution in [3.05, 3.63) is 28.8 Å². The number of rotatable bonds is 10. The molecule has 120 valence electrons. The van der Waals surface area contributed by atoms with E-state index < -0.39 is 0 Å². The van der Waals surface area contributed by atoms with E-state index in [0.717, 1.165) is 50.6 Å². The van der Waals surface area contributed by atoms with Gasteiger partial charge in [0, 0.05) is 36.9 Å². The number of halogens is 1. The van der Waals surface area contributed by atoms with Crippen molar-refractivity contribution in [3.8, 4) is 0 Å². The van der Waals surface area contributed by atoms with Gasteiger partial charge in [-0.2, -0.15) is 0 Å². The normalized spacial score (nSPS) is 11.1. The fourth-order valence-electron chi connectivity index (χ4n) is 2.32. The summed E-state index contributed by atoms with van der Waals surface area (Å²) < 4.78 is 0. The zero-order chi connectivity index (χ0) is 15.7. The molecular formula is C17H30ClN3. The zero-order valence-corrected chi connectivity index (χ0v) is 14.7. The van der Waals surface area contributed by atoms with E-state index in [1.807, 2.05) is 6.07 Å². The van der Waals surface area contributed by atoms with Crippen LogP contribution in [0.4, 0.5) is 5.69 Å². The van der Waals surface area contributed by atoms with Crippen LogP contribution in [-0.4, -0.2) is 45.2 Å². The average Bonchev–Trinajstić information content (AvgIpc) is 2.45. The molecule has 0 fully saturated rings. The molecule has 0 saturated carbocycles. The molecule has 4 heteroatoms. The van der Waals surface area contributed by atoms with Crippen LogP contribution in [0.15, 0.2) is 18.2 Å². The molecule has 0 bridgehead atoms. The highest BCUT2D eigenvalue weighted by atomic mass is 35.5. The Bertz CT molecular complexity index is 407. The Morgan fingerprint density at radius 2 is 1.81 bits per heavy atom. The van der Waals surface area contributed by atoms with Crippen LogP contribution in [0.2, 0.25) is 5.02 Å². The van der Waals surface area contributed by atoms with Crippen LogP contribution in [0, 0.1) is 0 Å². The third-order valence-electron chi connectivity index (χ3n) is 3.44. The van der Waals surface area contributed by atoms with E-state index in [2.05, 4.69) is 55.2 Å². The van der Waals surface area contributed by atoms with Gasteiger partial charge in [0.05, 0.1) is 0 Å². The molecule has 21 heavy (non-hydrogen) atoms. The van der Waals surface area contributed by atoms with E-state index in [1.165, 1.54) is 11.3 Å². The highest BCUT2D eigenvalue weighted by molar-refractivity contribution is 6.30. The minimum Gasteiger partial charge on any atom is -0.370 e. The molecule has 0 heterocycles. The quantitative estimate of drug-likeness (QED) is 0.666. The maximum Gasteiger partial charge on any atom is 0.0427 e. The van der Waals surface area contributed by atoms with Gasteiger partial charge in [-0.05, 0) is 51.2 Å². The topological polar surface area (TPSA) is 18.5 Å². The summed E-state index contributed by atoms with van der Waals surface area (Å²) >= 11 is 6.23. The standard InChI is InChI=1S/C17H30ClN3/c1-5-9-19-14-15-7-8-16(18)13-17(15)21(10-6-2)12-11-20(3)4/h7-8,13,19H,5-6,9-12,14H2,1-4H3. The Hall–Kier alpha value is -0.770. The molecule has 0 aliphatic rings. The highest BCUT2D eigenvalue weighted by Gasteiger charge is 2.11. The zero-order valence-electron chi connectivity index (χ0n) is 14.0. The molecule has 0 atom stereocenters. The van der Waals surface area contributed by atoms with Crippen molar-refractivity contribution in [3.63, 3.8) is 0 Å². The first kappa shape index (κ1) is 18.3. The van der Waals surface area contributed by atoms with E-state index in [4.69, 9.17) is 11.6 Å². The number of benzene rings is 1. The van der Waals surface area contributed by atoms with Gasteiger partial charge in [-0.15, -0.1) is 0 Å². The van der Waals surface area contributed by atoms with E-state index in [-0.39, 0.29) is 0 Å². The van der Waals surface area contributed by atoms with E-state index in [0.29, 0.717) is 0 Å². The fraction of sp³-hybridized carbons (Fsp3) is 0.647. The molecule has 0 amide bonds. The van der Waals surface area contributed by atoms with Gasteiger partial charge in [-0.3, -0.25) is 0 Å². The van der Waals surface area contributed by atoms with Crippen molar-refractivity contribution < 1.29 is 0 Å². The Balaban J connectivity index is 2.89. The van der Waals surface area contributed by atoms with Gasteiger partial charge >= 0.3 is 0 Å². The highest BCUT2D eigenvalue weighted by Crippen LogP contribution is 2.25. The molecule has 0 aromatic heterocycles. The summed E-state index contributed by atoms with van der Waals surface area (Å²) in [6.07, 6.45) is 2.30. The van der Waals surface area contributed by atoms with Crippen LogP contribution >= 0.6 is 11.6 Å². The molecular weight excluding hydrogens is 282 g/mol. The van der Waals surface area contributed by atoms with E-state index >= 15 is 0 Å². The van der Waals surface area contributed by atoms with Gasteiger partial charge in [0.2, 0.25) is 0 Å². The number of hydrogen-bond donors (Lipinski definition) is 1. The monoisotopic (exact) mass is 311 g/mol. The van der Waals surface area contributed by atoms with Crippen LogP contribution in [-0.2, 0) is 6.54 Å². The molecule has 1 aromatic carbocycles. The smallest absolute Gasteiger partial charge is 0.0427 e. The summed E-state index contributed by atoms with van der Waals surface area (Å²) in [5.41, 5.74) is 2.61. The van der Waals surface area contributed by atoms with Crippen LogP contribution in [0.25, 0.3) is 0 Å². The summed E-state index contributed by atoms with van der Waals surface area (Å²) in [5, 5.41) is 4.31. The lowest BCUT2D eigenvalue weighted by Gasteiger charge is -2.28. The van der Waals surface area contributed by atoms with Gasteiger partial charge < -0.3 is 15.1 Å². The molecule has 0 spiro atoms. The lowest BCUT2D eigenvalue weighted by molar-refractivity contribution is 0.412. The van der Waals surface area contributed by atoms with E-state index in [9.17, 15) is 0 Å². The van der Waals surface area contributed by atoms with Gasteiger partial charge in [-0.25, -0.2) is 0 Å². The minimum absolute atomic E-state index is 0.815. The van der Waals surface area contributed by atoms with Crippen molar-refractivity contribution in [1.82, 2.24) is 10.2 Å². The Labute approximate surface area is 135 Å². The molecule has 0 unspecified atom stereocenters. The van der Waals surface area contributed by atoms with Gasteiger partial charge in [0.15, 0.2) is 0 Å². The molecule has 3 nitrogen and oxygen atoms in total. The van der Waals surface area contributed by atoms with Gasteiger partial charge in [0.25, 0.3) is 0 Å². The Morgan fingerprint density at radius 3 is 2.43 bits per heavy atom. The first-order valence-electron chi connectivity index (χ1n) is 7.97. The number of anilines is 1. The summed E-state index contributed by atoms with van der Waals surface area (Å²) in [6.45, 7) is 9.51. The summed E-state index contributed by atoms with van der Waals surface area (Å²) in [5.74, 6) is 0. The summed E-state index contributed by atoms with van der Waals surface area (Å²) in [7, 11) is 4.23. The molecule has 0 saturated heterocycles. The fourth-order valence-corrected chi connectivity index (χ4v) is 2.49. The predicted molar refractivity (Wildman–Crippen MR) is 94.5 cm³/mol. The molecule has 1 aromatic rings. The third kappa shape index (κ3) is 6.68. The van der Waals surface area contributed by atoms with Crippen molar-refractivity contribution >= 4 is 17.3 Å². The van der Waals surface area contributed by atoms with Gasteiger partial charge in [0.1, 0.15) is 0 Å². The maximum absolute atomic E-state index is 6.23. The van der Waals surface area contributed by atoms with Crippen molar-refractivity contribution in [2.45, 2.75) is 33.2 Å². The second-order valence-electron chi connectivity index (χ2n) is 5.74. The summed E-state index contributed by atoms with van der Waals surface area (Å²) in [6, 6.07) is 6.25. The largest absolute Gasteiger partial charge is 0.370 e. The van der Waals surface area contributed by atoms with Crippen LogP contribution < -0.4 is 10.2 Å². The number of likely N-dealkylation sites (N-methyl/N-ethyl adjacent to an activating group) is 1. The maximum atomic E-state index is 6.23. The predicted octanol–water partition coefficient (Wildman–Crippen LogP) is 3.62. The lowest BCUT2D eigenvalue weighted by Crippen LogP contribution is -2.33. The number of nitrogens with zero attached hydrogens (tertiary/aromatic N) is 2. The Kier molecular flexibility index (Phi) is 8.74.